The van der Waals surface area contributed by atoms with Crippen LogP contribution in [0.2, 0.25) is 0 Å². The summed E-state index contributed by atoms with van der Waals surface area (Å²) in [6, 6.07) is 5.61. The first kappa shape index (κ1) is 20.5. The van der Waals surface area contributed by atoms with Crippen molar-refractivity contribution in [3.8, 4) is 17.0 Å². The quantitative estimate of drug-likeness (QED) is 0.715. The summed E-state index contributed by atoms with van der Waals surface area (Å²) >= 11 is 0. The van der Waals surface area contributed by atoms with Gasteiger partial charge in [0.05, 0.1) is 12.8 Å². The number of halogens is 1. The van der Waals surface area contributed by atoms with Crippen molar-refractivity contribution in [3.63, 3.8) is 0 Å². The Morgan fingerprint density at radius 2 is 1.79 bits per heavy atom. The van der Waals surface area contributed by atoms with Crippen LogP contribution in [-0.4, -0.2) is 41.1 Å². The van der Waals surface area contributed by atoms with Crippen LogP contribution >= 0.6 is 0 Å². The average molecular weight is 401 g/mol. The maximum absolute atomic E-state index is 13.4. The Hall–Kier alpha value is -3.23. The number of hydrogen-bond acceptors (Lipinski definition) is 5. The molecule has 1 aliphatic carbocycles. The second kappa shape index (κ2) is 9.31. The minimum Gasteiger partial charge on any atom is -0.496 e. The van der Waals surface area contributed by atoms with E-state index in [1.807, 2.05) is 0 Å². The molecule has 9 heteroatoms. The third kappa shape index (κ3) is 5.63. The van der Waals surface area contributed by atoms with E-state index < -0.39 is 11.8 Å². The number of benzene rings is 1. The lowest BCUT2D eigenvalue weighted by atomic mass is 9.91. The van der Waals surface area contributed by atoms with Gasteiger partial charge in [-0.25, -0.2) is 19.2 Å². The first-order valence-corrected chi connectivity index (χ1v) is 9.46. The van der Waals surface area contributed by atoms with Gasteiger partial charge < -0.3 is 15.4 Å². The minimum absolute atomic E-state index is 0.0281. The Morgan fingerprint density at radius 3 is 2.45 bits per heavy atom. The van der Waals surface area contributed by atoms with Crippen LogP contribution in [0.15, 0.2) is 30.5 Å². The highest BCUT2D eigenvalue weighted by atomic mass is 19.1. The molecule has 2 aromatic rings. The highest BCUT2D eigenvalue weighted by Crippen LogP contribution is 2.29. The van der Waals surface area contributed by atoms with E-state index in [1.54, 1.807) is 12.1 Å². The number of methoxy groups -OCH3 is 1. The fourth-order valence-corrected chi connectivity index (χ4v) is 3.44. The molecule has 0 unspecified atom stereocenters. The van der Waals surface area contributed by atoms with E-state index in [0.717, 1.165) is 25.7 Å². The molecule has 0 atom stereocenters. The summed E-state index contributed by atoms with van der Waals surface area (Å²) in [4.78, 5) is 31.8. The Morgan fingerprint density at radius 1 is 1.10 bits per heavy atom. The van der Waals surface area contributed by atoms with Gasteiger partial charge >= 0.3 is 6.03 Å². The second-order valence-corrected chi connectivity index (χ2v) is 6.96. The first-order valence-electron chi connectivity index (χ1n) is 9.46. The molecule has 3 amide bonds. The predicted octanol–water partition coefficient (Wildman–Crippen LogP) is 2.86. The zero-order valence-corrected chi connectivity index (χ0v) is 16.4. The Balaban J connectivity index is 1.59. The Labute approximate surface area is 168 Å². The molecule has 1 fully saturated rings. The van der Waals surface area contributed by atoms with Crippen LogP contribution in [0.25, 0.3) is 11.3 Å². The van der Waals surface area contributed by atoms with E-state index in [0.29, 0.717) is 17.0 Å². The number of rotatable bonds is 5. The molecular weight excluding hydrogens is 377 g/mol. The number of nitrogens with one attached hydrogen (secondary N) is 3. The predicted molar refractivity (Wildman–Crippen MR) is 106 cm³/mol. The molecule has 1 heterocycles. The van der Waals surface area contributed by atoms with Crippen LogP contribution in [0.5, 0.6) is 5.75 Å². The normalized spacial score (nSPS) is 18.6. The molecule has 0 aliphatic heterocycles. The summed E-state index contributed by atoms with van der Waals surface area (Å²) in [5, 5.41) is 8.46. The summed E-state index contributed by atoms with van der Waals surface area (Å²) in [5.74, 6) is 0.0351. The van der Waals surface area contributed by atoms with Gasteiger partial charge in [0.25, 0.3) is 0 Å². The molecule has 1 saturated carbocycles. The summed E-state index contributed by atoms with van der Waals surface area (Å²) in [5.41, 5.74) is 1.10. The summed E-state index contributed by atoms with van der Waals surface area (Å²) in [6.45, 7) is 1.51. The maximum Gasteiger partial charge on any atom is 0.321 e. The highest BCUT2D eigenvalue weighted by molar-refractivity contribution is 5.87. The second-order valence-electron chi connectivity index (χ2n) is 6.96. The third-order valence-electron chi connectivity index (χ3n) is 4.79. The SMILES string of the molecule is COc1cc(F)ccc1-c1ccnc(NC(=O)NC2CCC(NC(C)=O)CC2)n1. The molecule has 8 nitrogen and oxygen atoms in total. The first-order chi connectivity index (χ1) is 13.9. The summed E-state index contributed by atoms with van der Waals surface area (Å²) < 4.78 is 18.6. The van der Waals surface area contributed by atoms with Gasteiger partial charge in [0.2, 0.25) is 11.9 Å². The number of anilines is 1. The molecule has 0 bridgehead atoms. The highest BCUT2D eigenvalue weighted by Gasteiger charge is 2.23. The molecule has 3 N–H and O–H groups in total. The van der Waals surface area contributed by atoms with E-state index >= 15 is 0 Å². The topological polar surface area (TPSA) is 105 Å². The number of aromatic nitrogens is 2. The standard InChI is InChI=1S/C20H24FN5O3/c1-12(27)23-14-4-6-15(7-5-14)24-20(28)26-19-22-10-9-17(25-19)16-8-3-13(21)11-18(16)29-2/h3,8-11,14-15H,4-7H2,1-2H3,(H,23,27)(H2,22,24,25,26,28). The number of carbonyl (C=O) groups excluding carboxylic acids is 2. The van der Waals surface area contributed by atoms with Gasteiger partial charge in [-0.1, -0.05) is 0 Å². The smallest absolute Gasteiger partial charge is 0.321 e. The molecule has 154 valence electrons. The van der Waals surface area contributed by atoms with Gasteiger partial charge in [-0.3, -0.25) is 10.1 Å². The van der Waals surface area contributed by atoms with Gasteiger partial charge in [-0.2, -0.15) is 0 Å². The zero-order chi connectivity index (χ0) is 20.8. The number of amides is 3. The van der Waals surface area contributed by atoms with Crippen LogP contribution in [0.4, 0.5) is 15.1 Å². The lowest BCUT2D eigenvalue weighted by molar-refractivity contribution is -0.119. The van der Waals surface area contributed by atoms with Crippen molar-refractivity contribution in [1.29, 1.82) is 0 Å². The minimum atomic E-state index is -0.411. The fraction of sp³-hybridized carbons (Fsp3) is 0.400. The zero-order valence-electron chi connectivity index (χ0n) is 16.4. The molecular formula is C20H24FN5O3. The van der Waals surface area contributed by atoms with Gasteiger partial charge in [0, 0.05) is 36.8 Å². The van der Waals surface area contributed by atoms with Gasteiger partial charge in [-0.05, 0) is 43.9 Å². The van der Waals surface area contributed by atoms with E-state index in [2.05, 4.69) is 25.9 Å². The summed E-state index contributed by atoms with van der Waals surface area (Å²) in [6.07, 6.45) is 4.72. The van der Waals surface area contributed by atoms with Crippen molar-refractivity contribution in [2.24, 2.45) is 0 Å². The van der Waals surface area contributed by atoms with Gasteiger partial charge in [0.15, 0.2) is 0 Å². The lowest BCUT2D eigenvalue weighted by Gasteiger charge is -2.29. The lowest BCUT2D eigenvalue weighted by Crippen LogP contribution is -2.44. The molecule has 1 aromatic heterocycles. The fourth-order valence-electron chi connectivity index (χ4n) is 3.44. The van der Waals surface area contributed by atoms with E-state index in [4.69, 9.17) is 4.74 Å². The largest absolute Gasteiger partial charge is 0.496 e. The van der Waals surface area contributed by atoms with Gasteiger partial charge in [0.1, 0.15) is 11.6 Å². The number of hydrogen-bond donors (Lipinski definition) is 3. The maximum atomic E-state index is 13.4. The average Bonchev–Trinajstić information content (AvgIpc) is 2.69. The Bertz CT molecular complexity index is 884. The number of urea groups is 1. The molecule has 0 radical (unpaired) electrons. The van der Waals surface area contributed by atoms with Crippen molar-refractivity contribution >= 4 is 17.9 Å². The number of nitrogens with zero attached hydrogens (tertiary/aromatic N) is 2. The van der Waals surface area contributed by atoms with Crippen LogP contribution in [0.1, 0.15) is 32.6 Å². The van der Waals surface area contributed by atoms with Crippen LogP contribution in [0.3, 0.4) is 0 Å². The monoisotopic (exact) mass is 401 g/mol. The van der Waals surface area contributed by atoms with Crippen LogP contribution < -0.4 is 20.7 Å². The van der Waals surface area contributed by atoms with Crippen molar-refractivity contribution < 1.29 is 18.7 Å². The molecule has 1 aliphatic rings. The van der Waals surface area contributed by atoms with E-state index in [9.17, 15) is 14.0 Å². The van der Waals surface area contributed by atoms with Crippen LogP contribution in [-0.2, 0) is 4.79 Å². The van der Waals surface area contributed by atoms with Gasteiger partial charge in [-0.15, -0.1) is 0 Å². The Kier molecular flexibility index (Phi) is 6.58. The molecule has 29 heavy (non-hydrogen) atoms. The van der Waals surface area contributed by atoms with Crippen molar-refractivity contribution in [3.05, 3.63) is 36.3 Å². The number of ether oxygens (including phenoxy) is 1. The van der Waals surface area contributed by atoms with E-state index in [-0.39, 0.29) is 23.9 Å². The molecule has 3 rings (SSSR count). The molecule has 0 spiro atoms. The van der Waals surface area contributed by atoms with Crippen molar-refractivity contribution in [2.45, 2.75) is 44.7 Å². The van der Waals surface area contributed by atoms with Crippen molar-refractivity contribution in [2.75, 3.05) is 12.4 Å². The number of carbonyl (C=O) groups is 2. The third-order valence-corrected chi connectivity index (χ3v) is 4.79. The van der Waals surface area contributed by atoms with Crippen LogP contribution in [0, 0.1) is 5.82 Å². The molecule has 1 aromatic carbocycles. The molecule has 0 saturated heterocycles. The van der Waals surface area contributed by atoms with Crippen molar-refractivity contribution in [1.82, 2.24) is 20.6 Å². The van der Waals surface area contributed by atoms with E-state index in [1.165, 1.54) is 32.4 Å². The summed E-state index contributed by atoms with van der Waals surface area (Å²) in [7, 11) is 1.45.